The predicted octanol–water partition coefficient (Wildman–Crippen LogP) is 2.55. The van der Waals surface area contributed by atoms with Gasteiger partial charge in [0.15, 0.2) is 0 Å². The van der Waals surface area contributed by atoms with Crippen molar-refractivity contribution in [2.45, 2.75) is 6.92 Å². The van der Waals surface area contributed by atoms with Gasteiger partial charge >= 0.3 is 0 Å². The Balaban J connectivity index is 2.66. The van der Waals surface area contributed by atoms with Crippen LogP contribution in [0.4, 0.5) is 0 Å². The van der Waals surface area contributed by atoms with Gasteiger partial charge in [0.05, 0.1) is 16.1 Å². The predicted molar refractivity (Wildman–Crippen MR) is 64.3 cm³/mol. The van der Waals surface area contributed by atoms with Crippen LogP contribution in [0, 0.1) is 10.1 Å². The van der Waals surface area contributed by atoms with Crippen LogP contribution >= 0.6 is 0 Å². The van der Waals surface area contributed by atoms with Crippen molar-refractivity contribution in [3.63, 3.8) is 0 Å². The molecule has 0 aliphatic heterocycles. The molecule has 0 radical (unpaired) electrons. The first-order valence-electron chi connectivity index (χ1n) is 5.03. The molecule has 0 aliphatic rings. The Bertz CT molecular complexity index is 626. The highest BCUT2D eigenvalue weighted by Crippen LogP contribution is 2.20. The summed E-state index contributed by atoms with van der Waals surface area (Å²) in [5.74, 6) is -0.172. The molecule has 5 nitrogen and oxygen atoms in total. The number of carbonyl (C=O) groups excluding carboxylic acids is 1. The molecule has 0 amide bonds. The van der Waals surface area contributed by atoms with Crippen LogP contribution in [-0.4, -0.2) is 15.4 Å². The first-order chi connectivity index (χ1) is 8.09. The van der Waals surface area contributed by atoms with Crippen LogP contribution in [0.3, 0.4) is 0 Å². The number of hydrogen-bond acceptors (Lipinski definition) is 3. The molecular formula is C12H10N2O3. The largest absolute Gasteiger partial charge is 0.280 e. The third-order valence-electron chi connectivity index (χ3n) is 2.42. The van der Waals surface area contributed by atoms with Gasteiger partial charge in [0, 0.05) is 18.4 Å². The standard InChI is InChI=1S/C12H10N2O3/c1-9(15)14-11(6-7-13(16)17)8-10-4-2-3-5-12(10)14/h2-8H,1H3. The van der Waals surface area contributed by atoms with Crippen molar-refractivity contribution in [1.82, 2.24) is 4.57 Å². The molecule has 5 heteroatoms. The molecule has 1 aromatic carbocycles. The second-order valence-corrected chi connectivity index (χ2v) is 3.58. The number of nitro groups is 1. The fourth-order valence-corrected chi connectivity index (χ4v) is 1.79. The van der Waals surface area contributed by atoms with Crippen LogP contribution in [-0.2, 0) is 0 Å². The van der Waals surface area contributed by atoms with Crippen LogP contribution in [0.25, 0.3) is 17.0 Å². The van der Waals surface area contributed by atoms with Crippen molar-refractivity contribution in [2.24, 2.45) is 0 Å². The molecule has 1 heterocycles. The minimum absolute atomic E-state index is 0.172. The minimum Gasteiger partial charge on any atom is -0.280 e. The second-order valence-electron chi connectivity index (χ2n) is 3.58. The maximum atomic E-state index is 11.5. The normalized spacial score (nSPS) is 11.1. The molecule has 0 bridgehead atoms. The van der Waals surface area contributed by atoms with Gasteiger partial charge in [0.25, 0.3) is 0 Å². The Labute approximate surface area is 97.1 Å². The van der Waals surface area contributed by atoms with E-state index in [4.69, 9.17) is 0 Å². The number of carbonyl (C=O) groups is 1. The second kappa shape index (κ2) is 4.21. The number of rotatable bonds is 2. The Morgan fingerprint density at radius 2 is 2.12 bits per heavy atom. The van der Waals surface area contributed by atoms with Crippen LogP contribution in [0.2, 0.25) is 0 Å². The number of para-hydroxylation sites is 1. The number of aromatic nitrogens is 1. The van der Waals surface area contributed by atoms with Gasteiger partial charge in [-0.15, -0.1) is 0 Å². The van der Waals surface area contributed by atoms with Gasteiger partial charge in [-0.05, 0) is 12.1 Å². The fourth-order valence-electron chi connectivity index (χ4n) is 1.79. The molecule has 0 aliphatic carbocycles. The van der Waals surface area contributed by atoms with Crippen molar-refractivity contribution in [1.29, 1.82) is 0 Å². The van der Waals surface area contributed by atoms with E-state index in [-0.39, 0.29) is 5.91 Å². The molecule has 17 heavy (non-hydrogen) atoms. The van der Waals surface area contributed by atoms with Crippen LogP contribution in [0.1, 0.15) is 17.4 Å². The van der Waals surface area contributed by atoms with E-state index in [1.165, 1.54) is 17.6 Å². The molecule has 2 rings (SSSR count). The summed E-state index contributed by atoms with van der Waals surface area (Å²) < 4.78 is 1.45. The Morgan fingerprint density at radius 3 is 2.76 bits per heavy atom. The van der Waals surface area contributed by atoms with E-state index in [9.17, 15) is 14.9 Å². The van der Waals surface area contributed by atoms with E-state index < -0.39 is 4.92 Å². The van der Waals surface area contributed by atoms with E-state index in [0.29, 0.717) is 5.69 Å². The van der Waals surface area contributed by atoms with Crippen molar-refractivity contribution in [3.05, 3.63) is 52.3 Å². The Kier molecular flexibility index (Phi) is 2.74. The zero-order valence-corrected chi connectivity index (χ0v) is 9.16. The summed E-state index contributed by atoms with van der Waals surface area (Å²) >= 11 is 0. The van der Waals surface area contributed by atoms with Gasteiger partial charge in [-0.3, -0.25) is 19.5 Å². The van der Waals surface area contributed by atoms with Gasteiger partial charge < -0.3 is 0 Å². The maximum absolute atomic E-state index is 11.5. The smallest absolute Gasteiger partial charge is 0.236 e. The molecular weight excluding hydrogens is 220 g/mol. The quantitative estimate of drug-likeness (QED) is 0.588. The maximum Gasteiger partial charge on any atom is 0.236 e. The van der Waals surface area contributed by atoms with Gasteiger partial charge in [0.2, 0.25) is 12.1 Å². The third-order valence-corrected chi connectivity index (χ3v) is 2.42. The molecule has 0 N–H and O–H groups in total. The van der Waals surface area contributed by atoms with Gasteiger partial charge in [-0.2, -0.15) is 0 Å². The zero-order valence-electron chi connectivity index (χ0n) is 9.16. The highest BCUT2D eigenvalue weighted by molar-refractivity contribution is 5.94. The number of benzene rings is 1. The van der Waals surface area contributed by atoms with Crippen molar-refractivity contribution in [3.8, 4) is 0 Å². The average molecular weight is 230 g/mol. The van der Waals surface area contributed by atoms with E-state index in [0.717, 1.165) is 17.1 Å². The number of nitrogens with zero attached hydrogens (tertiary/aromatic N) is 2. The lowest BCUT2D eigenvalue weighted by Gasteiger charge is -2.01. The Morgan fingerprint density at radius 1 is 1.41 bits per heavy atom. The number of hydrogen-bond donors (Lipinski definition) is 0. The first kappa shape index (κ1) is 11.1. The molecule has 0 saturated heterocycles. The van der Waals surface area contributed by atoms with E-state index in [1.807, 2.05) is 18.2 Å². The molecule has 2 aromatic rings. The summed E-state index contributed by atoms with van der Waals surface area (Å²) in [6.07, 6.45) is 2.15. The van der Waals surface area contributed by atoms with Crippen LogP contribution in [0.15, 0.2) is 36.5 Å². The van der Waals surface area contributed by atoms with Crippen molar-refractivity contribution in [2.75, 3.05) is 0 Å². The molecule has 0 saturated carbocycles. The highest BCUT2D eigenvalue weighted by Gasteiger charge is 2.10. The summed E-state index contributed by atoms with van der Waals surface area (Å²) in [6, 6.07) is 9.09. The SMILES string of the molecule is CC(=O)n1c(C=C[N+](=O)[O-])cc2ccccc21. The van der Waals surface area contributed by atoms with Crippen LogP contribution < -0.4 is 0 Å². The lowest BCUT2D eigenvalue weighted by Crippen LogP contribution is -2.06. The summed E-state index contributed by atoms with van der Waals surface area (Å²) in [5.41, 5.74) is 1.26. The number of fused-ring (bicyclic) bond motifs is 1. The van der Waals surface area contributed by atoms with E-state index in [1.54, 1.807) is 12.1 Å². The van der Waals surface area contributed by atoms with Gasteiger partial charge in [-0.25, -0.2) is 0 Å². The molecule has 0 atom stereocenters. The molecule has 1 aromatic heterocycles. The molecule has 0 spiro atoms. The minimum atomic E-state index is -0.553. The van der Waals surface area contributed by atoms with Crippen LogP contribution in [0.5, 0.6) is 0 Å². The summed E-state index contributed by atoms with van der Waals surface area (Å²) in [6.45, 7) is 1.43. The van der Waals surface area contributed by atoms with Gasteiger partial charge in [0.1, 0.15) is 0 Å². The lowest BCUT2D eigenvalue weighted by molar-refractivity contribution is -0.401. The average Bonchev–Trinajstić information content (AvgIpc) is 2.64. The summed E-state index contributed by atoms with van der Waals surface area (Å²) in [5, 5.41) is 11.2. The van der Waals surface area contributed by atoms with Crippen molar-refractivity contribution < 1.29 is 9.72 Å². The Hall–Kier alpha value is -2.43. The monoisotopic (exact) mass is 230 g/mol. The first-order valence-corrected chi connectivity index (χ1v) is 5.03. The third kappa shape index (κ3) is 2.08. The zero-order chi connectivity index (χ0) is 12.4. The van der Waals surface area contributed by atoms with Crippen molar-refractivity contribution >= 4 is 22.9 Å². The van der Waals surface area contributed by atoms with E-state index >= 15 is 0 Å². The van der Waals surface area contributed by atoms with Gasteiger partial charge in [-0.1, -0.05) is 18.2 Å². The molecule has 0 fully saturated rings. The lowest BCUT2D eigenvalue weighted by atomic mass is 10.2. The fraction of sp³-hybridized carbons (Fsp3) is 0.0833. The van der Waals surface area contributed by atoms with E-state index in [2.05, 4.69) is 0 Å². The highest BCUT2D eigenvalue weighted by atomic mass is 16.6. The molecule has 0 unspecified atom stereocenters. The summed E-state index contributed by atoms with van der Waals surface area (Å²) in [7, 11) is 0. The topological polar surface area (TPSA) is 65.1 Å². The summed E-state index contributed by atoms with van der Waals surface area (Å²) in [4.78, 5) is 21.3. The molecule has 86 valence electrons.